The van der Waals surface area contributed by atoms with Crippen LogP contribution in [0.25, 0.3) is 21.8 Å². The van der Waals surface area contributed by atoms with Crippen LogP contribution in [0, 0.1) is 0 Å². The van der Waals surface area contributed by atoms with Crippen LogP contribution in [0.15, 0.2) is 84.9 Å². The van der Waals surface area contributed by atoms with E-state index in [4.69, 9.17) is 4.74 Å². The second-order valence-electron chi connectivity index (χ2n) is 8.97. The number of carboxylic acids is 1. The lowest BCUT2D eigenvalue weighted by Crippen LogP contribution is -2.34. The van der Waals surface area contributed by atoms with Crippen molar-refractivity contribution >= 4 is 39.6 Å². The van der Waals surface area contributed by atoms with Crippen molar-refractivity contribution in [1.82, 2.24) is 9.55 Å². The quantitative estimate of drug-likeness (QED) is 0.233. The SMILES string of the molecule is CCOC(=O)[C@H](Cc1ccc(O)cc1)Nc1nc(C(=O)O)cc2c3ccccc3n(Cc3ccccc3)c12. The molecule has 3 aromatic carbocycles. The summed E-state index contributed by atoms with van der Waals surface area (Å²) in [5.74, 6) is -1.25. The molecule has 0 saturated heterocycles. The number of fused-ring (bicyclic) bond motifs is 3. The maximum atomic E-state index is 13.0. The van der Waals surface area contributed by atoms with Gasteiger partial charge in [-0.15, -0.1) is 0 Å². The lowest BCUT2D eigenvalue weighted by atomic mass is 10.1. The Kier molecular flexibility index (Phi) is 6.95. The Morgan fingerprint density at radius 3 is 2.37 bits per heavy atom. The fourth-order valence-electron chi connectivity index (χ4n) is 4.68. The van der Waals surface area contributed by atoms with E-state index in [0.29, 0.717) is 12.1 Å². The number of benzene rings is 3. The minimum absolute atomic E-state index is 0.123. The molecule has 2 aromatic heterocycles. The number of para-hydroxylation sites is 1. The number of nitrogens with zero attached hydrogens (tertiary/aromatic N) is 2. The summed E-state index contributed by atoms with van der Waals surface area (Å²) in [4.78, 5) is 29.6. The van der Waals surface area contributed by atoms with Crippen LogP contribution in [0.4, 0.5) is 5.82 Å². The predicted molar refractivity (Wildman–Crippen MR) is 146 cm³/mol. The topological polar surface area (TPSA) is 114 Å². The van der Waals surface area contributed by atoms with E-state index < -0.39 is 18.0 Å². The van der Waals surface area contributed by atoms with Gasteiger partial charge >= 0.3 is 11.9 Å². The molecule has 0 aliphatic heterocycles. The van der Waals surface area contributed by atoms with Gasteiger partial charge in [0.1, 0.15) is 11.8 Å². The molecule has 192 valence electrons. The average Bonchev–Trinajstić information content (AvgIpc) is 3.24. The van der Waals surface area contributed by atoms with Crippen LogP contribution < -0.4 is 5.32 Å². The summed E-state index contributed by atoms with van der Waals surface area (Å²) in [7, 11) is 0. The summed E-state index contributed by atoms with van der Waals surface area (Å²) in [5.41, 5.74) is 3.35. The highest BCUT2D eigenvalue weighted by molar-refractivity contribution is 6.13. The summed E-state index contributed by atoms with van der Waals surface area (Å²) in [6.07, 6.45) is 0.249. The van der Waals surface area contributed by atoms with Crippen LogP contribution >= 0.6 is 0 Å². The van der Waals surface area contributed by atoms with Gasteiger partial charge in [0.25, 0.3) is 0 Å². The first-order valence-corrected chi connectivity index (χ1v) is 12.3. The van der Waals surface area contributed by atoms with E-state index in [9.17, 15) is 19.8 Å². The van der Waals surface area contributed by atoms with Crippen molar-refractivity contribution in [2.45, 2.75) is 25.9 Å². The molecule has 0 unspecified atom stereocenters. The van der Waals surface area contributed by atoms with Crippen LogP contribution in [0.5, 0.6) is 5.75 Å². The van der Waals surface area contributed by atoms with Gasteiger partial charge in [0.15, 0.2) is 11.5 Å². The fourth-order valence-corrected chi connectivity index (χ4v) is 4.68. The van der Waals surface area contributed by atoms with Gasteiger partial charge in [-0.2, -0.15) is 0 Å². The molecule has 1 atom stereocenters. The monoisotopic (exact) mass is 509 g/mol. The molecule has 5 aromatic rings. The molecule has 0 bridgehead atoms. The standard InChI is InChI=1S/C30H27N3O5/c1-2-38-30(37)25(16-19-12-14-21(34)15-13-19)32-28-27-23(17-24(31-28)29(35)36)22-10-6-7-11-26(22)33(27)18-20-8-4-3-5-9-20/h3-15,17,25,34H,2,16,18H2,1H3,(H,31,32)(H,35,36)/t25-/m0/s1. The summed E-state index contributed by atoms with van der Waals surface area (Å²) in [5, 5.41) is 24.4. The van der Waals surface area contributed by atoms with Gasteiger partial charge in [-0.1, -0.05) is 60.7 Å². The van der Waals surface area contributed by atoms with Crippen molar-refractivity contribution in [3.8, 4) is 5.75 Å². The van der Waals surface area contributed by atoms with Crippen LogP contribution in [-0.4, -0.2) is 44.4 Å². The Bertz CT molecular complexity index is 1610. The molecule has 5 rings (SSSR count). The number of aromatic hydroxyl groups is 1. The molecule has 38 heavy (non-hydrogen) atoms. The van der Waals surface area contributed by atoms with Crippen molar-refractivity contribution < 1.29 is 24.5 Å². The first-order valence-electron chi connectivity index (χ1n) is 12.3. The Balaban J connectivity index is 1.68. The molecule has 0 fully saturated rings. The summed E-state index contributed by atoms with van der Waals surface area (Å²) in [6, 6.07) is 25.0. The lowest BCUT2D eigenvalue weighted by Gasteiger charge is -2.20. The zero-order valence-electron chi connectivity index (χ0n) is 20.8. The molecule has 2 heterocycles. The van der Waals surface area contributed by atoms with Crippen molar-refractivity contribution in [3.63, 3.8) is 0 Å². The molecule has 0 aliphatic rings. The summed E-state index contributed by atoms with van der Waals surface area (Å²) in [6.45, 7) is 2.45. The van der Waals surface area contributed by atoms with Gasteiger partial charge in [0.2, 0.25) is 0 Å². The van der Waals surface area contributed by atoms with Gasteiger partial charge in [-0.25, -0.2) is 14.6 Å². The Labute approximate surface area is 219 Å². The second kappa shape index (κ2) is 10.6. The molecule has 8 heteroatoms. The highest BCUT2D eigenvalue weighted by Gasteiger charge is 2.25. The van der Waals surface area contributed by atoms with E-state index in [1.165, 1.54) is 0 Å². The van der Waals surface area contributed by atoms with Crippen LogP contribution in [-0.2, 0) is 22.5 Å². The van der Waals surface area contributed by atoms with E-state index in [1.807, 2.05) is 54.6 Å². The number of rotatable bonds is 9. The number of aromatic nitrogens is 2. The first-order chi connectivity index (χ1) is 18.4. The van der Waals surface area contributed by atoms with Crippen LogP contribution in [0.1, 0.15) is 28.5 Å². The number of ether oxygens (including phenoxy) is 1. The number of aromatic carboxylic acids is 1. The molecule has 3 N–H and O–H groups in total. The minimum atomic E-state index is -1.17. The number of phenols is 1. The predicted octanol–water partition coefficient (Wildman–Crippen LogP) is 5.23. The van der Waals surface area contributed by atoms with Gasteiger partial charge in [0, 0.05) is 29.3 Å². The van der Waals surface area contributed by atoms with Crippen LogP contribution in [0.3, 0.4) is 0 Å². The van der Waals surface area contributed by atoms with E-state index in [0.717, 1.165) is 27.4 Å². The van der Waals surface area contributed by atoms with Crippen molar-refractivity contribution in [2.75, 3.05) is 11.9 Å². The number of esters is 1. The average molecular weight is 510 g/mol. The summed E-state index contributed by atoms with van der Waals surface area (Å²) >= 11 is 0. The third-order valence-electron chi connectivity index (χ3n) is 6.41. The smallest absolute Gasteiger partial charge is 0.354 e. The van der Waals surface area contributed by atoms with E-state index in [1.54, 1.807) is 37.3 Å². The normalized spacial score (nSPS) is 11.9. The maximum absolute atomic E-state index is 13.0. The largest absolute Gasteiger partial charge is 0.508 e. The van der Waals surface area contributed by atoms with E-state index in [2.05, 4.69) is 14.9 Å². The Morgan fingerprint density at radius 1 is 0.947 bits per heavy atom. The second-order valence-corrected chi connectivity index (χ2v) is 8.97. The number of anilines is 1. The van der Waals surface area contributed by atoms with Gasteiger partial charge < -0.3 is 24.8 Å². The van der Waals surface area contributed by atoms with Gasteiger partial charge in [-0.05, 0) is 42.3 Å². The summed E-state index contributed by atoms with van der Waals surface area (Å²) < 4.78 is 7.43. The van der Waals surface area contributed by atoms with Crippen molar-refractivity contribution in [3.05, 3.63) is 102 Å². The van der Waals surface area contributed by atoms with Gasteiger partial charge in [-0.3, -0.25) is 0 Å². The molecule has 8 nitrogen and oxygen atoms in total. The molecule has 0 aliphatic carbocycles. The fraction of sp³-hybridized carbons (Fsp3) is 0.167. The zero-order chi connectivity index (χ0) is 26.6. The van der Waals surface area contributed by atoms with Crippen molar-refractivity contribution in [1.29, 1.82) is 0 Å². The van der Waals surface area contributed by atoms with E-state index in [-0.39, 0.29) is 30.3 Å². The van der Waals surface area contributed by atoms with Crippen LogP contribution in [0.2, 0.25) is 0 Å². The number of carbonyl (C=O) groups is 2. The molecule has 0 radical (unpaired) electrons. The number of hydrogen-bond acceptors (Lipinski definition) is 6. The lowest BCUT2D eigenvalue weighted by molar-refractivity contribution is -0.144. The third-order valence-corrected chi connectivity index (χ3v) is 6.41. The molecule has 0 amide bonds. The highest BCUT2D eigenvalue weighted by atomic mass is 16.5. The number of carboxylic acid groups (broad SMARTS) is 1. The third kappa shape index (κ3) is 5.01. The number of nitrogens with one attached hydrogen (secondary N) is 1. The number of hydrogen-bond donors (Lipinski definition) is 3. The zero-order valence-corrected chi connectivity index (χ0v) is 20.8. The van der Waals surface area contributed by atoms with E-state index >= 15 is 0 Å². The Morgan fingerprint density at radius 2 is 1.66 bits per heavy atom. The molecular weight excluding hydrogens is 482 g/mol. The number of pyridine rings is 1. The maximum Gasteiger partial charge on any atom is 0.354 e. The number of phenolic OH excluding ortho intramolecular Hbond substituents is 1. The molecule has 0 saturated carbocycles. The van der Waals surface area contributed by atoms with Gasteiger partial charge in [0.05, 0.1) is 12.1 Å². The molecular formula is C30H27N3O5. The Hall–Kier alpha value is -4.85. The first kappa shape index (κ1) is 24.8. The number of carbonyl (C=O) groups excluding carboxylic acids is 1. The molecule has 0 spiro atoms. The highest BCUT2D eigenvalue weighted by Crippen LogP contribution is 2.34. The van der Waals surface area contributed by atoms with Crippen molar-refractivity contribution in [2.24, 2.45) is 0 Å². The minimum Gasteiger partial charge on any atom is -0.508 e.